The van der Waals surface area contributed by atoms with Crippen LogP contribution in [0, 0.1) is 0 Å². The maximum Gasteiger partial charge on any atom is 0.147 e. The molecule has 2 heterocycles. The van der Waals surface area contributed by atoms with E-state index in [0.717, 1.165) is 4.88 Å². The molecule has 2 rings (SSSR count). The summed E-state index contributed by atoms with van der Waals surface area (Å²) in [5.74, 6) is 0.143. The third kappa shape index (κ3) is 3.51. The molecule has 0 radical (unpaired) electrons. The molecule has 2 aromatic rings. The molecule has 1 unspecified atom stereocenters. The van der Waals surface area contributed by atoms with Gasteiger partial charge in [-0.3, -0.25) is 0 Å². The van der Waals surface area contributed by atoms with Crippen molar-refractivity contribution in [2.75, 3.05) is 12.0 Å². The molecule has 0 aliphatic rings. The topological polar surface area (TPSA) is 54.4 Å². The minimum Gasteiger partial charge on any atom is -0.388 e. The molecule has 2 aromatic heterocycles. The van der Waals surface area contributed by atoms with E-state index in [0.29, 0.717) is 12.8 Å². The summed E-state index contributed by atoms with van der Waals surface area (Å²) >= 11 is 3.24. The van der Waals surface area contributed by atoms with Crippen molar-refractivity contribution in [2.24, 2.45) is 0 Å². The number of fused-ring (bicyclic) bond motifs is 1. The summed E-state index contributed by atoms with van der Waals surface area (Å²) in [6.45, 7) is 0. The second-order valence-corrected chi connectivity index (χ2v) is 8.41. The van der Waals surface area contributed by atoms with Crippen LogP contribution in [0.3, 0.4) is 0 Å². The van der Waals surface area contributed by atoms with Crippen LogP contribution in [0.1, 0.15) is 23.8 Å². The van der Waals surface area contributed by atoms with Crippen LogP contribution in [0.15, 0.2) is 17.5 Å². The molecule has 6 heteroatoms. The molecule has 0 amide bonds. The van der Waals surface area contributed by atoms with E-state index in [1.165, 1.54) is 15.7 Å². The van der Waals surface area contributed by atoms with Crippen LogP contribution in [0.25, 0.3) is 9.40 Å². The molecule has 0 aromatic carbocycles. The summed E-state index contributed by atoms with van der Waals surface area (Å²) in [6, 6.07) is 4.03. The van der Waals surface area contributed by atoms with Gasteiger partial charge in [-0.25, -0.2) is 8.42 Å². The van der Waals surface area contributed by atoms with E-state index in [1.54, 1.807) is 22.7 Å². The molecule has 1 atom stereocenters. The van der Waals surface area contributed by atoms with Crippen molar-refractivity contribution >= 4 is 41.9 Å². The Balaban J connectivity index is 1.96. The molecule has 0 spiro atoms. The number of sulfone groups is 1. The van der Waals surface area contributed by atoms with Gasteiger partial charge in [0.05, 0.1) is 6.10 Å². The number of rotatable bonds is 5. The molecular weight excluding hydrogens is 276 g/mol. The minimum absolute atomic E-state index is 0.143. The minimum atomic E-state index is -2.92. The third-order valence-electron chi connectivity index (χ3n) is 2.48. The van der Waals surface area contributed by atoms with Gasteiger partial charge < -0.3 is 5.11 Å². The Morgan fingerprint density at radius 1 is 1.41 bits per heavy atom. The summed E-state index contributed by atoms with van der Waals surface area (Å²) in [6.07, 6.45) is 1.69. The first-order valence-corrected chi connectivity index (χ1v) is 9.04. The molecule has 17 heavy (non-hydrogen) atoms. The molecular formula is C11H14O3S3. The number of thiophene rings is 2. The Morgan fingerprint density at radius 3 is 2.82 bits per heavy atom. The largest absolute Gasteiger partial charge is 0.388 e. The van der Waals surface area contributed by atoms with Crippen LogP contribution in [-0.4, -0.2) is 25.5 Å². The fraction of sp³-hybridized carbons (Fsp3) is 0.455. The number of hydrogen-bond acceptors (Lipinski definition) is 5. The molecule has 3 nitrogen and oxygen atoms in total. The van der Waals surface area contributed by atoms with Gasteiger partial charge >= 0.3 is 0 Å². The van der Waals surface area contributed by atoms with Crippen LogP contribution in [-0.2, 0) is 9.84 Å². The fourth-order valence-electron chi connectivity index (χ4n) is 1.63. The molecule has 0 fully saturated rings. The van der Waals surface area contributed by atoms with E-state index in [-0.39, 0.29) is 5.75 Å². The lowest BCUT2D eigenvalue weighted by Gasteiger charge is -2.07. The summed E-state index contributed by atoms with van der Waals surface area (Å²) in [5, 5.41) is 12.0. The van der Waals surface area contributed by atoms with E-state index in [4.69, 9.17) is 0 Å². The predicted molar refractivity (Wildman–Crippen MR) is 73.6 cm³/mol. The molecule has 94 valence electrons. The number of hydrogen-bond donors (Lipinski definition) is 1. The van der Waals surface area contributed by atoms with Gasteiger partial charge in [0, 0.05) is 26.3 Å². The monoisotopic (exact) mass is 290 g/mol. The molecule has 0 bridgehead atoms. The average Bonchev–Trinajstić information content (AvgIpc) is 2.73. The summed E-state index contributed by atoms with van der Waals surface area (Å²) in [7, 11) is -2.92. The predicted octanol–water partition coefficient (Wildman–Crippen LogP) is 2.82. The van der Waals surface area contributed by atoms with Crippen LogP contribution < -0.4 is 0 Å². The number of aliphatic hydroxyl groups is 1. The van der Waals surface area contributed by atoms with Crippen LogP contribution in [0.4, 0.5) is 0 Å². The Bertz CT molecular complexity index is 566. The van der Waals surface area contributed by atoms with E-state index in [2.05, 4.69) is 0 Å². The van der Waals surface area contributed by atoms with Crippen molar-refractivity contribution < 1.29 is 13.5 Å². The van der Waals surface area contributed by atoms with Gasteiger partial charge in [-0.2, -0.15) is 0 Å². The standard InChI is InChI=1S/C11H14O3S3/c1-17(13,14)6-2-3-8(12)10-7-11-9(16-10)4-5-15-11/h4-5,7-8,12H,2-3,6H2,1H3. The first kappa shape index (κ1) is 13.0. The zero-order valence-electron chi connectivity index (χ0n) is 9.42. The first-order chi connectivity index (χ1) is 7.96. The molecule has 0 aliphatic carbocycles. The second-order valence-electron chi connectivity index (χ2n) is 4.09. The zero-order chi connectivity index (χ0) is 12.5. The lowest BCUT2D eigenvalue weighted by molar-refractivity contribution is 0.170. The maximum absolute atomic E-state index is 11.0. The van der Waals surface area contributed by atoms with Crippen molar-refractivity contribution in [2.45, 2.75) is 18.9 Å². The highest BCUT2D eigenvalue weighted by Crippen LogP contribution is 2.34. The molecule has 0 aliphatic heterocycles. The average molecular weight is 290 g/mol. The fourth-order valence-corrected chi connectivity index (χ4v) is 4.46. The summed E-state index contributed by atoms with van der Waals surface area (Å²) in [5.41, 5.74) is 0. The maximum atomic E-state index is 11.0. The van der Waals surface area contributed by atoms with Gasteiger partial charge in [-0.1, -0.05) is 0 Å². The van der Waals surface area contributed by atoms with E-state index in [1.807, 2.05) is 17.5 Å². The molecule has 0 saturated carbocycles. The Kier molecular flexibility index (Phi) is 3.87. The van der Waals surface area contributed by atoms with E-state index < -0.39 is 15.9 Å². The second kappa shape index (κ2) is 5.06. The van der Waals surface area contributed by atoms with Crippen LogP contribution in [0.2, 0.25) is 0 Å². The van der Waals surface area contributed by atoms with Gasteiger partial charge in [0.2, 0.25) is 0 Å². The SMILES string of the molecule is CS(=O)(=O)CCCC(O)c1cc2sccc2s1. The van der Waals surface area contributed by atoms with Crippen molar-refractivity contribution in [3.05, 3.63) is 22.4 Å². The lowest BCUT2D eigenvalue weighted by Crippen LogP contribution is -2.05. The van der Waals surface area contributed by atoms with Crippen LogP contribution >= 0.6 is 22.7 Å². The Morgan fingerprint density at radius 2 is 2.18 bits per heavy atom. The van der Waals surface area contributed by atoms with E-state index >= 15 is 0 Å². The van der Waals surface area contributed by atoms with E-state index in [9.17, 15) is 13.5 Å². The van der Waals surface area contributed by atoms with Gasteiger partial charge in [0.25, 0.3) is 0 Å². The normalized spacial score (nSPS) is 14.2. The molecule has 1 N–H and O–H groups in total. The van der Waals surface area contributed by atoms with Gasteiger partial charge in [-0.05, 0) is 30.4 Å². The van der Waals surface area contributed by atoms with Crippen molar-refractivity contribution in [1.82, 2.24) is 0 Å². The Hall–Kier alpha value is -0.430. The summed E-state index contributed by atoms with van der Waals surface area (Å²) in [4.78, 5) is 0.931. The summed E-state index contributed by atoms with van der Waals surface area (Å²) < 4.78 is 24.3. The highest BCUT2D eigenvalue weighted by molar-refractivity contribution is 7.90. The van der Waals surface area contributed by atoms with Crippen molar-refractivity contribution in [3.63, 3.8) is 0 Å². The highest BCUT2D eigenvalue weighted by Gasteiger charge is 2.13. The van der Waals surface area contributed by atoms with Crippen LogP contribution in [0.5, 0.6) is 0 Å². The lowest BCUT2D eigenvalue weighted by atomic mass is 10.2. The molecule has 0 saturated heterocycles. The van der Waals surface area contributed by atoms with Crippen molar-refractivity contribution in [1.29, 1.82) is 0 Å². The smallest absolute Gasteiger partial charge is 0.147 e. The quantitative estimate of drug-likeness (QED) is 0.921. The van der Waals surface area contributed by atoms with Gasteiger partial charge in [0.1, 0.15) is 9.84 Å². The van der Waals surface area contributed by atoms with Gasteiger partial charge in [0.15, 0.2) is 0 Å². The zero-order valence-corrected chi connectivity index (χ0v) is 11.9. The highest BCUT2D eigenvalue weighted by atomic mass is 32.2. The first-order valence-electron chi connectivity index (χ1n) is 5.28. The third-order valence-corrected chi connectivity index (χ3v) is 5.70. The van der Waals surface area contributed by atoms with Crippen molar-refractivity contribution in [3.8, 4) is 0 Å². The van der Waals surface area contributed by atoms with Gasteiger partial charge in [-0.15, -0.1) is 22.7 Å². The Labute approximate surface area is 109 Å². The number of aliphatic hydroxyl groups excluding tert-OH is 1.